The molecule has 4 heteroatoms. The molecule has 1 aliphatic rings. The molecule has 24 heavy (non-hydrogen) atoms. The molecule has 1 aliphatic heterocycles. The van der Waals surface area contributed by atoms with Crippen molar-refractivity contribution in [3.63, 3.8) is 0 Å². The molecule has 4 nitrogen and oxygen atoms in total. The van der Waals surface area contributed by atoms with Crippen LogP contribution in [0.5, 0.6) is 5.75 Å². The van der Waals surface area contributed by atoms with E-state index in [9.17, 15) is 0 Å². The molecule has 5 rings (SSSR count). The van der Waals surface area contributed by atoms with Gasteiger partial charge in [0.25, 0.3) is 0 Å². The number of pyridine rings is 1. The summed E-state index contributed by atoms with van der Waals surface area (Å²) < 4.78 is 7.74. The molecule has 0 fully saturated rings. The molecule has 0 bridgehead atoms. The van der Waals surface area contributed by atoms with Crippen LogP contribution in [0.1, 0.15) is 5.56 Å². The van der Waals surface area contributed by atoms with Crippen molar-refractivity contribution in [2.24, 2.45) is 0 Å². The summed E-state index contributed by atoms with van der Waals surface area (Å²) >= 11 is 0. The zero-order chi connectivity index (χ0) is 15.9. The maximum Gasteiger partial charge on any atom is 0.122 e. The van der Waals surface area contributed by atoms with E-state index in [1.807, 2.05) is 30.9 Å². The summed E-state index contributed by atoms with van der Waals surface area (Å²) in [5, 5.41) is 0. The van der Waals surface area contributed by atoms with E-state index in [1.54, 1.807) is 0 Å². The van der Waals surface area contributed by atoms with Gasteiger partial charge in [0.05, 0.1) is 17.6 Å². The van der Waals surface area contributed by atoms with E-state index in [4.69, 9.17) is 4.74 Å². The van der Waals surface area contributed by atoms with Crippen molar-refractivity contribution in [3.8, 4) is 22.6 Å². The first-order chi connectivity index (χ1) is 11.9. The Morgan fingerprint density at radius 3 is 2.75 bits per heavy atom. The molecule has 4 aromatic rings. The third-order valence-corrected chi connectivity index (χ3v) is 4.51. The lowest BCUT2D eigenvalue weighted by Crippen LogP contribution is -1.93. The molecular weight excluding hydrogens is 298 g/mol. The Morgan fingerprint density at radius 2 is 1.83 bits per heavy atom. The van der Waals surface area contributed by atoms with Gasteiger partial charge in [-0.05, 0) is 59.2 Å². The first kappa shape index (κ1) is 13.3. The first-order valence-corrected chi connectivity index (χ1v) is 8.02. The molecule has 2 aromatic carbocycles. The average molecular weight is 313 g/mol. The van der Waals surface area contributed by atoms with Crippen LogP contribution >= 0.6 is 0 Å². The molecule has 0 saturated heterocycles. The van der Waals surface area contributed by atoms with Gasteiger partial charge >= 0.3 is 0 Å². The van der Waals surface area contributed by atoms with Crippen LogP contribution in [0.3, 0.4) is 0 Å². The third-order valence-electron chi connectivity index (χ3n) is 4.51. The highest BCUT2D eigenvalue weighted by molar-refractivity contribution is 5.83. The number of imidazole rings is 1. The van der Waals surface area contributed by atoms with E-state index in [1.165, 1.54) is 5.56 Å². The van der Waals surface area contributed by atoms with Crippen LogP contribution in [-0.4, -0.2) is 21.1 Å². The third kappa shape index (κ3) is 2.07. The van der Waals surface area contributed by atoms with Gasteiger partial charge in [0.1, 0.15) is 12.1 Å². The van der Waals surface area contributed by atoms with Gasteiger partial charge in [-0.3, -0.25) is 9.55 Å². The largest absolute Gasteiger partial charge is 0.493 e. The number of nitrogens with zero attached hydrogens (tertiary/aromatic N) is 3. The van der Waals surface area contributed by atoms with Crippen molar-refractivity contribution < 1.29 is 4.74 Å². The predicted octanol–water partition coefficient (Wildman–Crippen LogP) is 4.02. The van der Waals surface area contributed by atoms with Gasteiger partial charge in [-0.1, -0.05) is 6.07 Å². The maximum absolute atomic E-state index is 5.60. The average Bonchev–Trinajstić information content (AvgIpc) is 3.27. The summed E-state index contributed by atoms with van der Waals surface area (Å²) in [4.78, 5) is 8.63. The van der Waals surface area contributed by atoms with Crippen LogP contribution in [0.25, 0.3) is 27.8 Å². The summed E-state index contributed by atoms with van der Waals surface area (Å²) in [5.41, 5.74) is 6.79. The summed E-state index contributed by atoms with van der Waals surface area (Å²) in [6.07, 6.45) is 6.49. The number of aromatic nitrogens is 3. The minimum atomic E-state index is 0.773. The lowest BCUT2D eigenvalue weighted by molar-refractivity contribution is 0.357. The molecule has 2 aromatic heterocycles. The number of benzene rings is 2. The topological polar surface area (TPSA) is 39.9 Å². The van der Waals surface area contributed by atoms with E-state index >= 15 is 0 Å². The zero-order valence-electron chi connectivity index (χ0n) is 13.0. The highest BCUT2D eigenvalue weighted by Gasteiger charge is 2.14. The second-order valence-corrected chi connectivity index (χ2v) is 5.94. The van der Waals surface area contributed by atoms with Gasteiger partial charge < -0.3 is 4.74 Å². The molecule has 0 radical (unpaired) electrons. The monoisotopic (exact) mass is 313 g/mol. The lowest BCUT2D eigenvalue weighted by Gasteiger charge is -2.08. The minimum absolute atomic E-state index is 0.773. The van der Waals surface area contributed by atoms with Crippen molar-refractivity contribution in [1.82, 2.24) is 14.5 Å². The number of ether oxygens (including phenoxy) is 1. The smallest absolute Gasteiger partial charge is 0.122 e. The second kappa shape index (κ2) is 5.20. The molecule has 0 saturated carbocycles. The SMILES string of the molecule is c1cc(-c2ccc3ncn(-c4ccc5c(c4)CCO5)c3c2)ccn1. The standard InChI is InChI=1S/C20H15N3O/c1-3-18-19(12-15(1)14-5-8-21-9-6-14)23(13-22-18)17-2-4-20-16(11-17)7-10-24-20/h1-6,8-9,11-13H,7,10H2. The summed E-state index contributed by atoms with van der Waals surface area (Å²) in [5.74, 6) is 1.00. The fraction of sp³-hybridized carbons (Fsp3) is 0.100. The number of fused-ring (bicyclic) bond motifs is 2. The van der Waals surface area contributed by atoms with E-state index in [2.05, 4.69) is 50.9 Å². The van der Waals surface area contributed by atoms with E-state index in [0.29, 0.717) is 0 Å². The van der Waals surface area contributed by atoms with E-state index < -0.39 is 0 Å². The second-order valence-electron chi connectivity index (χ2n) is 5.94. The zero-order valence-corrected chi connectivity index (χ0v) is 13.0. The highest BCUT2D eigenvalue weighted by Crippen LogP contribution is 2.30. The Kier molecular flexibility index (Phi) is 2.88. The van der Waals surface area contributed by atoms with Gasteiger partial charge in [0.15, 0.2) is 0 Å². The normalized spacial score (nSPS) is 13.0. The number of rotatable bonds is 2. The van der Waals surface area contributed by atoms with Gasteiger partial charge in [-0.2, -0.15) is 0 Å². The highest BCUT2D eigenvalue weighted by atomic mass is 16.5. The molecule has 116 valence electrons. The van der Waals surface area contributed by atoms with Gasteiger partial charge in [-0.15, -0.1) is 0 Å². The van der Waals surface area contributed by atoms with E-state index in [-0.39, 0.29) is 0 Å². The van der Waals surface area contributed by atoms with Crippen LogP contribution < -0.4 is 4.74 Å². The van der Waals surface area contributed by atoms with Crippen molar-refractivity contribution in [3.05, 3.63) is 72.8 Å². The minimum Gasteiger partial charge on any atom is -0.493 e. The predicted molar refractivity (Wildman–Crippen MR) is 93.5 cm³/mol. The Balaban J connectivity index is 1.66. The summed E-state index contributed by atoms with van der Waals surface area (Å²) in [6, 6.07) is 16.7. The lowest BCUT2D eigenvalue weighted by atomic mass is 10.1. The molecule has 0 aliphatic carbocycles. The Hall–Kier alpha value is -3.14. The Morgan fingerprint density at radius 1 is 0.917 bits per heavy atom. The summed E-state index contributed by atoms with van der Waals surface area (Å²) in [6.45, 7) is 0.773. The van der Waals surface area contributed by atoms with E-state index in [0.717, 1.165) is 46.6 Å². The van der Waals surface area contributed by atoms with Crippen LogP contribution in [0.15, 0.2) is 67.3 Å². The van der Waals surface area contributed by atoms with Crippen molar-refractivity contribution in [2.75, 3.05) is 6.61 Å². The molecule has 0 spiro atoms. The van der Waals surface area contributed by atoms with Crippen LogP contribution in [-0.2, 0) is 6.42 Å². The molecule has 3 heterocycles. The van der Waals surface area contributed by atoms with Crippen LogP contribution in [0.2, 0.25) is 0 Å². The van der Waals surface area contributed by atoms with Gasteiger partial charge in [-0.25, -0.2) is 4.98 Å². The fourth-order valence-corrected chi connectivity index (χ4v) is 3.26. The summed E-state index contributed by atoms with van der Waals surface area (Å²) in [7, 11) is 0. The number of hydrogen-bond acceptors (Lipinski definition) is 3. The first-order valence-electron chi connectivity index (χ1n) is 8.02. The van der Waals surface area contributed by atoms with Crippen molar-refractivity contribution in [1.29, 1.82) is 0 Å². The Bertz CT molecular complexity index is 1040. The molecule has 0 N–H and O–H groups in total. The fourth-order valence-electron chi connectivity index (χ4n) is 3.26. The molecule has 0 unspecified atom stereocenters. The van der Waals surface area contributed by atoms with Gasteiger partial charge in [0.2, 0.25) is 0 Å². The number of hydrogen-bond donors (Lipinski definition) is 0. The quantitative estimate of drug-likeness (QED) is 0.561. The molecular formula is C20H15N3O. The van der Waals surface area contributed by atoms with Crippen molar-refractivity contribution in [2.45, 2.75) is 6.42 Å². The molecule has 0 amide bonds. The maximum atomic E-state index is 5.60. The van der Waals surface area contributed by atoms with Gasteiger partial charge in [0, 0.05) is 24.5 Å². The van der Waals surface area contributed by atoms with Crippen LogP contribution in [0, 0.1) is 0 Å². The Labute approximate surface area is 139 Å². The van der Waals surface area contributed by atoms with Crippen molar-refractivity contribution >= 4 is 11.0 Å². The molecule has 0 atom stereocenters. The van der Waals surface area contributed by atoms with Crippen LogP contribution in [0.4, 0.5) is 0 Å².